The molecule has 51 heavy (non-hydrogen) atoms. The van der Waals surface area contributed by atoms with Gasteiger partial charge >= 0.3 is 11.9 Å². The van der Waals surface area contributed by atoms with Crippen molar-refractivity contribution in [2.24, 2.45) is 5.92 Å². The van der Waals surface area contributed by atoms with Gasteiger partial charge in [0.15, 0.2) is 18.0 Å². The Bertz CT molecular complexity index is 1980. The lowest BCUT2D eigenvalue weighted by molar-refractivity contribution is -0.148. The van der Waals surface area contributed by atoms with E-state index in [2.05, 4.69) is 16.1 Å². The molecule has 0 spiro atoms. The van der Waals surface area contributed by atoms with Crippen molar-refractivity contribution in [3.63, 3.8) is 0 Å². The summed E-state index contributed by atoms with van der Waals surface area (Å²) < 4.78 is 5.12. The first kappa shape index (κ1) is 37.0. The molecule has 3 atom stereocenters. The van der Waals surface area contributed by atoms with Gasteiger partial charge in [-0.25, -0.2) is 4.79 Å². The van der Waals surface area contributed by atoms with E-state index in [-0.39, 0.29) is 33.9 Å². The highest BCUT2D eigenvalue weighted by atomic mass is 35.5. The third-order valence-corrected chi connectivity index (χ3v) is 8.97. The number of hydrogen-bond donors (Lipinski definition) is 4. The van der Waals surface area contributed by atoms with Crippen LogP contribution in [0.4, 0.5) is 0 Å². The van der Waals surface area contributed by atoms with Crippen molar-refractivity contribution in [2.75, 3.05) is 6.61 Å². The van der Waals surface area contributed by atoms with Crippen LogP contribution in [-0.2, 0) is 30.4 Å². The van der Waals surface area contributed by atoms with E-state index in [0.717, 1.165) is 10.8 Å². The van der Waals surface area contributed by atoms with Gasteiger partial charge < -0.3 is 20.5 Å². The molecule has 0 bridgehead atoms. The third-order valence-electron chi connectivity index (χ3n) is 8.34. The minimum Gasteiger partial charge on any atom is -0.481 e. The molecule has 13 heteroatoms. The van der Waals surface area contributed by atoms with Gasteiger partial charge in [-0.2, -0.15) is 0 Å². The number of hydroxylamine groups is 1. The van der Waals surface area contributed by atoms with Crippen molar-refractivity contribution in [1.29, 1.82) is 0 Å². The number of Topliss-reactive ketones (excluding diaryl/α,β-unsaturated/α-hetero) is 1. The second-order valence-corrected chi connectivity index (χ2v) is 13.2. The maximum absolute atomic E-state index is 14.1. The number of ketones is 1. The molecule has 1 unspecified atom stereocenters. The Balaban J connectivity index is 1.40. The minimum absolute atomic E-state index is 0.000300. The number of fused-ring (bicyclic) bond motifs is 1. The lowest BCUT2D eigenvalue weighted by Gasteiger charge is -2.27. The molecule has 11 nitrogen and oxygen atoms in total. The Morgan fingerprint density at radius 1 is 0.863 bits per heavy atom. The Kier molecular flexibility index (Phi) is 11.8. The summed E-state index contributed by atoms with van der Waals surface area (Å²) in [5, 5.41) is 16.9. The molecule has 0 radical (unpaired) electrons. The number of carbonyl (C=O) groups is 5. The van der Waals surface area contributed by atoms with E-state index in [0.29, 0.717) is 16.8 Å². The van der Waals surface area contributed by atoms with Crippen LogP contribution in [0, 0.1) is 5.92 Å². The second-order valence-electron chi connectivity index (χ2n) is 12.3. The fraction of sp³-hybridized carbons (Fsp3) is 0.237. The quantitative estimate of drug-likeness (QED) is 0.120. The van der Waals surface area contributed by atoms with Crippen LogP contribution in [0.2, 0.25) is 10.0 Å². The Labute approximate surface area is 303 Å². The van der Waals surface area contributed by atoms with E-state index >= 15 is 0 Å². The van der Waals surface area contributed by atoms with Crippen LogP contribution < -0.4 is 16.1 Å². The van der Waals surface area contributed by atoms with Gasteiger partial charge in [-0.15, -0.1) is 0 Å². The summed E-state index contributed by atoms with van der Waals surface area (Å²) in [5.74, 6) is -4.63. The molecule has 0 aromatic heterocycles. The van der Waals surface area contributed by atoms with Gasteiger partial charge in [0.1, 0.15) is 6.04 Å². The third kappa shape index (κ3) is 8.75. The summed E-state index contributed by atoms with van der Waals surface area (Å²) in [4.78, 5) is 71.6. The van der Waals surface area contributed by atoms with Crippen molar-refractivity contribution >= 4 is 63.5 Å². The normalized spacial score (nSPS) is 16.5. The van der Waals surface area contributed by atoms with Crippen LogP contribution in [0.3, 0.4) is 0 Å². The molecular weight excluding hydrogens is 697 g/mol. The number of ether oxygens (including phenoxy) is 1. The van der Waals surface area contributed by atoms with Crippen LogP contribution in [0.25, 0.3) is 10.8 Å². The number of hydrogen-bond acceptors (Lipinski definition) is 8. The molecule has 4 N–H and O–H groups in total. The minimum atomic E-state index is -1.78. The van der Waals surface area contributed by atoms with E-state index < -0.39 is 54.3 Å². The summed E-state index contributed by atoms with van der Waals surface area (Å²) in [6.07, 6.45) is 0.702. The highest BCUT2D eigenvalue weighted by Crippen LogP contribution is 2.30. The Morgan fingerprint density at radius 2 is 1.51 bits per heavy atom. The Morgan fingerprint density at radius 3 is 2.20 bits per heavy atom. The molecule has 1 heterocycles. The number of amides is 2. The molecule has 0 saturated carbocycles. The van der Waals surface area contributed by atoms with Gasteiger partial charge in [0.25, 0.3) is 11.8 Å². The van der Waals surface area contributed by atoms with Crippen molar-refractivity contribution in [3.05, 3.63) is 130 Å². The van der Waals surface area contributed by atoms with Gasteiger partial charge in [-0.05, 0) is 46.5 Å². The van der Waals surface area contributed by atoms with Gasteiger partial charge in [-0.3, -0.25) is 29.5 Å². The molecule has 4 aromatic carbocycles. The van der Waals surface area contributed by atoms with E-state index in [4.69, 9.17) is 32.8 Å². The summed E-state index contributed by atoms with van der Waals surface area (Å²) in [6.45, 7) is 2.92. The highest BCUT2D eigenvalue weighted by Gasteiger charge is 2.46. The molecule has 0 fully saturated rings. The molecule has 1 aliphatic heterocycles. The number of benzene rings is 4. The number of nitrogens with one attached hydrogen (secondary N) is 3. The number of carboxylic acid groups (broad SMARTS) is 1. The summed E-state index contributed by atoms with van der Waals surface area (Å²) in [7, 11) is 0. The van der Waals surface area contributed by atoms with Gasteiger partial charge in [0.05, 0.1) is 33.8 Å². The molecule has 4 aromatic rings. The zero-order chi connectivity index (χ0) is 36.7. The Hall–Kier alpha value is -5.23. The van der Waals surface area contributed by atoms with Gasteiger partial charge in [0.2, 0.25) is 0 Å². The smallest absolute Gasteiger partial charge is 0.341 e. The number of rotatable bonds is 14. The van der Waals surface area contributed by atoms with Crippen molar-refractivity contribution in [1.82, 2.24) is 16.1 Å². The van der Waals surface area contributed by atoms with E-state index in [1.807, 2.05) is 50.2 Å². The molecular formula is C38H35Cl2N3O8. The molecule has 0 saturated heterocycles. The van der Waals surface area contributed by atoms with Crippen molar-refractivity contribution in [3.8, 4) is 0 Å². The maximum Gasteiger partial charge on any atom is 0.341 e. The zero-order valence-corrected chi connectivity index (χ0v) is 29.2. The number of aliphatic carboxylic acids is 1. The molecule has 264 valence electrons. The topological polar surface area (TPSA) is 160 Å². The average molecular weight is 733 g/mol. The summed E-state index contributed by atoms with van der Waals surface area (Å²) in [5.41, 5.74) is 2.43. The fourth-order valence-corrected chi connectivity index (χ4v) is 6.29. The first-order chi connectivity index (χ1) is 24.4. The van der Waals surface area contributed by atoms with Crippen LogP contribution in [0.1, 0.15) is 46.5 Å². The molecule has 2 amide bonds. The average Bonchev–Trinajstić information content (AvgIpc) is 3.53. The highest BCUT2D eigenvalue weighted by molar-refractivity contribution is 6.39. The first-order valence-corrected chi connectivity index (χ1v) is 16.8. The lowest BCUT2D eigenvalue weighted by Crippen LogP contribution is -2.54. The predicted molar refractivity (Wildman–Crippen MR) is 191 cm³/mol. The number of esters is 1. The fourth-order valence-electron chi connectivity index (χ4n) is 5.74. The largest absolute Gasteiger partial charge is 0.481 e. The number of halogens is 2. The van der Waals surface area contributed by atoms with Crippen LogP contribution in [0.15, 0.2) is 103 Å². The van der Waals surface area contributed by atoms with Crippen molar-refractivity contribution in [2.45, 2.75) is 44.4 Å². The van der Waals surface area contributed by atoms with Crippen LogP contribution in [0.5, 0.6) is 0 Å². The van der Waals surface area contributed by atoms with Crippen LogP contribution >= 0.6 is 23.2 Å². The summed E-state index contributed by atoms with van der Waals surface area (Å²) >= 11 is 12.2. The van der Waals surface area contributed by atoms with Gasteiger partial charge in [-0.1, -0.05) is 110 Å². The summed E-state index contributed by atoms with van der Waals surface area (Å²) in [6, 6.07) is 24.0. The van der Waals surface area contributed by atoms with E-state index in [1.165, 1.54) is 24.3 Å². The number of carboxylic acids is 1. The van der Waals surface area contributed by atoms with Crippen molar-refractivity contribution < 1.29 is 38.7 Å². The lowest BCUT2D eigenvalue weighted by atomic mass is 9.90. The molecule has 0 aliphatic carbocycles. The predicted octanol–water partition coefficient (Wildman–Crippen LogP) is 5.69. The molecule has 1 aliphatic rings. The van der Waals surface area contributed by atoms with Crippen LogP contribution in [-0.4, -0.2) is 58.9 Å². The van der Waals surface area contributed by atoms with E-state index in [9.17, 15) is 29.1 Å². The number of carbonyl (C=O) groups excluding carboxylic acids is 4. The van der Waals surface area contributed by atoms with E-state index in [1.54, 1.807) is 36.4 Å². The SMILES string of the molecule is CC(C)[C@H](NC(=O)c1cccc2ccccc12)C1=CC(Cc2ccccc2)(C(=O)N[C@@H](CC(=O)O)C(=O)COC(=O)c2c(Cl)cccc2Cl)ON1. The maximum atomic E-state index is 14.1. The molecule has 5 rings (SSSR count). The second kappa shape index (κ2) is 16.2. The monoisotopic (exact) mass is 731 g/mol. The first-order valence-electron chi connectivity index (χ1n) is 16.0. The zero-order valence-electron chi connectivity index (χ0n) is 27.7. The van der Waals surface area contributed by atoms with Gasteiger partial charge in [0, 0.05) is 12.0 Å². The standard InChI is InChI=1S/C38H35Cl2N3O8/c1-22(2)34(42-35(47)26-15-8-13-24-12-6-7-14-25(24)26)30-20-38(51-43-30,19-23-10-4-3-5-11-23)37(49)41-29(18-32(45)46)31(44)21-50-36(48)33-27(39)16-9-17-28(33)40/h3-17,20,22,29,34,43H,18-19,21H2,1-2H3,(H,41,49)(H,42,47)(H,45,46)/t29-,34-,38?/m0/s1.